The number of ether oxygens (including phenoxy) is 1. The lowest BCUT2D eigenvalue weighted by molar-refractivity contribution is 0.0478. The Morgan fingerprint density at radius 2 is 1.62 bits per heavy atom. The van der Waals surface area contributed by atoms with Gasteiger partial charge in [-0.25, -0.2) is 0 Å². The molecule has 0 aliphatic carbocycles. The second-order valence-corrected chi connectivity index (χ2v) is 7.68. The number of carbonyl (C=O) groups excluding carboxylic acids is 2. The zero-order chi connectivity index (χ0) is 22.7. The van der Waals surface area contributed by atoms with E-state index in [0.717, 1.165) is 22.2 Å². The number of carbonyl (C=O) groups is 2. The van der Waals surface area contributed by atoms with Crippen molar-refractivity contribution in [2.24, 2.45) is 0 Å². The molecule has 2 amide bonds. The van der Waals surface area contributed by atoms with Crippen molar-refractivity contribution in [3.8, 4) is 11.8 Å². The largest absolute Gasteiger partial charge is 0.394 e. The molecule has 0 saturated carbocycles. The van der Waals surface area contributed by atoms with Gasteiger partial charge in [-0.05, 0) is 47.9 Å². The third kappa shape index (κ3) is 4.09. The number of hydrogen-bond acceptors (Lipinski definition) is 5. The van der Waals surface area contributed by atoms with Crippen LogP contribution < -0.4 is 4.90 Å². The van der Waals surface area contributed by atoms with Crippen molar-refractivity contribution in [3.05, 3.63) is 76.9 Å². The van der Waals surface area contributed by atoms with E-state index >= 15 is 0 Å². The van der Waals surface area contributed by atoms with Gasteiger partial charge >= 0.3 is 0 Å². The number of hydrogen-bond donors (Lipinski definition) is 1. The monoisotopic (exact) mass is 428 g/mol. The molecule has 1 aliphatic heterocycles. The van der Waals surface area contributed by atoms with Crippen molar-refractivity contribution in [2.75, 3.05) is 45.4 Å². The number of benzene rings is 3. The molecule has 6 nitrogen and oxygen atoms in total. The van der Waals surface area contributed by atoms with Gasteiger partial charge in [0.05, 0.1) is 26.4 Å². The third-order valence-corrected chi connectivity index (χ3v) is 5.41. The van der Waals surface area contributed by atoms with Gasteiger partial charge in [0.2, 0.25) is 0 Å². The second kappa shape index (κ2) is 9.23. The van der Waals surface area contributed by atoms with Crippen molar-refractivity contribution in [1.82, 2.24) is 4.90 Å². The minimum atomic E-state index is -0.343. The summed E-state index contributed by atoms with van der Waals surface area (Å²) in [6.45, 7) is 0.382. The summed E-state index contributed by atoms with van der Waals surface area (Å²) in [5.74, 6) is 5.70. The lowest BCUT2D eigenvalue weighted by Crippen LogP contribution is -2.42. The van der Waals surface area contributed by atoms with Crippen molar-refractivity contribution in [2.45, 2.75) is 0 Å². The molecule has 0 atom stereocenters. The predicted molar refractivity (Wildman–Crippen MR) is 124 cm³/mol. The van der Waals surface area contributed by atoms with Gasteiger partial charge in [-0.3, -0.25) is 14.5 Å². The van der Waals surface area contributed by atoms with E-state index in [1.807, 2.05) is 61.5 Å². The summed E-state index contributed by atoms with van der Waals surface area (Å²) >= 11 is 0. The van der Waals surface area contributed by atoms with E-state index in [1.54, 1.807) is 12.1 Å². The average Bonchev–Trinajstić information content (AvgIpc) is 2.81. The van der Waals surface area contributed by atoms with Gasteiger partial charge in [0.1, 0.15) is 0 Å². The maximum Gasteiger partial charge on any atom is 0.261 e. The quantitative estimate of drug-likeness (QED) is 0.371. The molecule has 0 fully saturated rings. The highest BCUT2D eigenvalue weighted by molar-refractivity contribution is 6.26. The Bertz CT molecular complexity index is 1210. The minimum absolute atomic E-state index is 0.104. The highest BCUT2D eigenvalue weighted by Gasteiger charge is 2.32. The smallest absolute Gasteiger partial charge is 0.261 e. The van der Waals surface area contributed by atoms with Crippen molar-refractivity contribution in [3.63, 3.8) is 0 Å². The van der Waals surface area contributed by atoms with Crippen LogP contribution in [-0.2, 0) is 4.74 Å². The average molecular weight is 428 g/mol. The van der Waals surface area contributed by atoms with Crippen LogP contribution in [0.3, 0.4) is 0 Å². The van der Waals surface area contributed by atoms with Crippen LogP contribution in [0, 0.1) is 11.8 Å². The molecule has 0 aromatic heterocycles. The number of anilines is 1. The van der Waals surface area contributed by atoms with Crippen molar-refractivity contribution in [1.29, 1.82) is 0 Å². The van der Waals surface area contributed by atoms with Crippen LogP contribution in [0.15, 0.2) is 54.6 Å². The van der Waals surface area contributed by atoms with E-state index in [1.165, 1.54) is 4.90 Å². The molecule has 3 aromatic rings. The van der Waals surface area contributed by atoms with Crippen molar-refractivity contribution < 1.29 is 19.4 Å². The SMILES string of the molecule is CN(C)c1ccc(C#Cc2ccc3c4c(cccc24)C(=O)N(CCOCCO)C3=O)cc1. The number of nitrogens with zero attached hydrogens (tertiary/aromatic N) is 2. The molecule has 3 aromatic carbocycles. The summed E-state index contributed by atoms with van der Waals surface area (Å²) in [5, 5.41) is 10.3. The zero-order valence-electron chi connectivity index (χ0n) is 18.1. The van der Waals surface area contributed by atoms with Gasteiger partial charge < -0.3 is 14.7 Å². The van der Waals surface area contributed by atoms with Crippen LogP contribution in [0.1, 0.15) is 31.8 Å². The van der Waals surface area contributed by atoms with E-state index in [0.29, 0.717) is 16.5 Å². The van der Waals surface area contributed by atoms with E-state index < -0.39 is 0 Å². The van der Waals surface area contributed by atoms with Gasteiger partial charge in [-0.15, -0.1) is 0 Å². The van der Waals surface area contributed by atoms with E-state index in [4.69, 9.17) is 9.84 Å². The second-order valence-electron chi connectivity index (χ2n) is 7.68. The topological polar surface area (TPSA) is 70.1 Å². The molecule has 162 valence electrons. The molecule has 1 aliphatic rings. The molecule has 4 rings (SSSR count). The highest BCUT2D eigenvalue weighted by atomic mass is 16.5. The van der Waals surface area contributed by atoms with E-state index in [2.05, 4.69) is 11.8 Å². The Balaban J connectivity index is 1.68. The highest BCUT2D eigenvalue weighted by Crippen LogP contribution is 2.32. The van der Waals surface area contributed by atoms with Crippen LogP contribution >= 0.6 is 0 Å². The van der Waals surface area contributed by atoms with Gasteiger partial charge in [0, 0.05) is 47.4 Å². The van der Waals surface area contributed by atoms with Gasteiger partial charge in [-0.1, -0.05) is 24.0 Å². The molecular weight excluding hydrogens is 404 g/mol. The van der Waals surface area contributed by atoms with Crippen LogP contribution in [0.25, 0.3) is 10.8 Å². The normalized spacial score (nSPS) is 12.7. The number of amides is 2. The van der Waals surface area contributed by atoms with Crippen LogP contribution in [0.2, 0.25) is 0 Å². The Hall–Kier alpha value is -3.66. The number of imide groups is 1. The van der Waals surface area contributed by atoms with Gasteiger partial charge in [-0.2, -0.15) is 0 Å². The fraction of sp³-hybridized carbons (Fsp3) is 0.231. The lowest BCUT2D eigenvalue weighted by atomic mass is 9.91. The Morgan fingerprint density at radius 3 is 2.31 bits per heavy atom. The summed E-state index contributed by atoms with van der Waals surface area (Å²) in [4.78, 5) is 29.3. The minimum Gasteiger partial charge on any atom is -0.394 e. The van der Waals surface area contributed by atoms with E-state index in [9.17, 15) is 9.59 Å². The summed E-state index contributed by atoms with van der Waals surface area (Å²) in [5.41, 5.74) is 3.72. The van der Waals surface area contributed by atoms with Crippen LogP contribution in [0.4, 0.5) is 5.69 Å². The molecule has 0 spiro atoms. The first kappa shape index (κ1) is 21.6. The molecule has 6 heteroatoms. The molecule has 32 heavy (non-hydrogen) atoms. The zero-order valence-corrected chi connectivity index (χ0v) is 18.1. The van der Waals surface area contributed by atoms with E-state index in [-0.39, 0.29) is 38.2 Å². The van der Waals surface area contributed by atoms with Crippen LogP contribution in [0.5, 0.6) is 0 Å². The maximum absolute atomic E-state index is 13.0. The Labute approximate surface area is 187 Å². The summed E-state index contributed by atoms with van der Waals surface area (Å²) in [7, 11) is 3.98. The Morgan fingerprint density at radius 1 is 0.906 bits per heavy atom. The molecule has 1 heterocycles. The number of rotatable bonds is 6. The van der Waals surface area contributed by atoms with Crippen LogP contribution in [-0.4, -0.2) is 62.3 Å². The standard InChI is InChI=1S/C26H24N2O4/c1-27(2)20-11-7-18(8-12-20)6-9-19-10-13-23-24-21(19)4-3-5-22(24)25(30)28(26(23)31)14-16-32-17-15-29/h3-5,7-8,10-13,29H,14-17H2,1-2H3. The number of aliphatic hydroxyl groups excluding tert-OH is 1. The molecule has 0 bridgehead atoms. The molecular formula is C26H24N2O4. The fourth-order valence-corrected chi connectivity index (χ4v) is 3.76. The van der Waals surface area contributed by atoms with Crippen molar-refractivity contribution >= 4 is 28.3 Å². The number of aliphatic hydroxyl groups is 1. The summed E-state index contributed by atoms with van der Waals surface area (Å²) in [6, 6.07) is 17.0. The summed E-state index contributed by atoms with van der Waals surface area (Å²) < 4.78 is 5.24. The first-order valence-electron chi connectivity index (χ1n) is 10.4. The predicted octanol–water partition coefficient (Wildman–Crippen LogP) is 2.91. The maximum atomic E-state index is 13.0. The molecule has 0 unspecified atom stereocenters. The van der Waals surface area contributed by atoms with Gasteiger partial charge in [0.25, 0.3) is 11.8 Å². The first-order chi connectivity index (χ1) is 15.5. The third-order valence-electron chi connectivity index (χ3n) is 5.41. The fourth-order valence-electron chi connectivity index (χ4n) is 3.76. The Kier molecular flexibility index (Phi) is 6.22. The molecule has 1 N–H and O–H groups in total. The first-order valence-corrected chi connectivity index (χ1v) is 10.4. The van der Waals surface area contributed by atoms with Gasteiger partial charge in [0.15, 0.2) is 0 Å². The molecule has 0 radical (unpaired) electrons. The summed E-state index contributed by atoms with van der Waals surface area (Å²) in [6.07, 6.45) is 0. The molecule has 0 saturated heterocycles. The lowest BCUT2D eigenvalue weighted by Gasteiger charge is -2.27.